The Hall–Kier alpha value is -0.810. The molecule has 0 bridgehead atoms. The van der Waals surface area contributed by atoms with E-state index in [9.17, 15) is 9.59 Å². The van der Waals surface area contributed by atoms with E-state index in [1.165, 1.54) is 31.3 Å². The van der Waals surface area contributed by atoms with Gasteiger partial charge in [0.2, 0.25) is 0 Å². The molecule has 0 aromatic carbocycles. The zero-order valence-corrected chi connectivity index (χ0v) is 18.0. The first-order valence-electron chi connectivity index (χ1n) is 10.4. The molecule has 4 aliphatic rings. The standard InChI is InChI=1S/C21H30O2.H3O4P/c1-13(22)17-6-7-18-16-5-4-14-12-15(23)8-10-20(14,2)19(16)9-11-21(17,18)3;1-5(2,3)4/h12,16-19H,4-11H2,1-3H3;(H3,1,2,3,4)/t16-,17+,18-,19-,20-,21+;/m0./s1. The van der Waals surface area contributed by atoms with Crippen LogP contribution in [0.2, 0.25) is 0 Å². The third-order valence-electron chi connectivity index (χ3n) is 8.45. The van der Waals surface area contributed by atoms with Crippen LogP contribution in [0.25, 0.3) is 0 Å². The molecule has 4 rings (SSSR count). The van der Waals surface area contributed by atoms with Gasteiger partial charge in [-0.2, -0.15) is 0 Å². The first-order valence-corrected chi connectivity index (χ1v) is 12.0. The van der Waals surface area contributed by atoms with E-state index in [1.54, 1.807) is 6.92 Å². The number of hydrogen-bond acceptors (Lipinski definition) is 3. The highest BCUT2D eigenvalue weighted by Crippen LogP contribution is 2.66. The van der Waals surface area contributed by atoms with E-state index >= 15 is 0 Å². The summed E-state index contributed by atoms with van der Waals surface area (Å²) in [5.74, 6) is 3.29. The van der Waals surface area contributed by atoms with Crippen LogP contribution in [0, 0.1) is 34.5 Å². The summed E-state index contributed by atoms with van der Waals surface area (Å²) in [6.45, 7) is 6.65. The zero-order valence-electron chi connectivity index (χ0n) is 17.1. The van der Waals surface area contributed by atoms with Gasteiger partial charge in [0.15, 0.2) is 5.78 Å². The Kier molecular flexibility index (Phi) is 5.83. The Morgan fingerprint density at radius 3 is 2.29 bits per heavy atom. The molecule has 28 heavy (non-hydrogen) atoms. The number of allylic oxidation sites excluding steroid dienone is 1. The van der Waals surface area contributed by atoms with Gasteiger partial charge < -0.3 is 14.7 Å². The van der Waals surface area contributed by atoms with E-state index in [0.717, 1.165) is 43.4 Å². The third-order valence-corrected chi connectivity index (χ3v) is 8.45. The van der Waals surface area contributed by atoms with Crippen molar-refractivity contribution >= 4 is 19.4 Å². The van der Waals surface area contributed by atoms with Crippen molar-refractivity contribution in [2.75, 3.05) is 0 Å². The molecule has 7 heteroatoms. The van der Waals surface area contributed by atoms with Crippen molar-refractivity contribution in [1.29, 1.82) is 0 Å². The monoisotopic (exact) mass is 412 g/mol. The molecule has 3 fully saturated rings. The molecule has 4 aliphatic carbocycles. The average Bonchev–Trinajstić information content (AvgIpc) is 2.91. The Bertz CT molecular complexity index is 731. The molecule has 0 amide bonds. The summed E-state index contributed by atoms with van der Waals surface area (Å²) in [5, 5.41) is 0. The fourth-order valence-electron chi connectivity index (χ4n) is 7.23. The van der Waals surface area contributed by atoms with Crippen LogP contribution in [0.5, 0.6) is 0 Å². The number of carbonyl (C=O) groups excluding carboxylic acids is 2. The van der Waals surface area contributed by atoms with E-state index in [-0.39, 0.29) is 10.8 Å². The van der Waals surface area contributed by atoms with Crippen molar-refractivity contribution in [3.8, 4) is 0 Å². The first kappa shape index (κ1) is 21.9. The highest BCUT2D eigenvalue weighted by Gasteiger charge is 2.59. The molecule has 0 unspecified atom stereocenters. The molecular weight excluding hydrogens is 379 g/mol. The number of ketones is 2. The minimum absolute atomic E-state index is 0.245. The van der Waals surface area contributed by atoms with Crippen LogP contribution in [-0.2, 0) is 14.2 Å². The number of carbonyl (C=O) groups is 2. The summed E-state index contributed by atoms with van der Waals surface area (Å²) >= 11 is 0. The minimum Gasteiger partial charge on any atom is -0.303 e. The summed E-state index contributed by atoms with van der Waals surface area (Å²) in [6, 6.07) is 0. The molecular formula is C21H33O6P. The fourth-order valence-corrected chi connectivity index (χ4v) is 7.23. The van der Waals surface area contributed by atoms with Crippen LogP contribution in [0.3, 0.4) is 0 Å². The van der Waals surface area contributed by atoms with Gasteiger partial charge in [0.05, 0.1) is 0 Å². The summed E-state index contributed by atoms with van der Waals surface area (Å²) in [4.78, 5) is 45.6. The van der Waals surface area contributed by atoms with Crippen molar-refractivity contribution in [1.82, 2.24) is 0 Å². The Balaban J connectivity index is 0.000000403. The van der Waals surface area contributed by atoms with Crippen LogP contribution in [-0.4, -0.2) is 26.2 Å². The van der Waals surface area contributed by atoms with Gasteiger partial charge in [-0.1, -0.05) is 19.4 Å². The van der Waals surface area contributed by atoms with E-state index in [0.29, 0.717) is 17.5 Å². The number of phosphoric acid groups is 1. The van der Waals surface area contributed by atoms with Crippen LogP contribution < -0.4 is 0 Å². The van der Waals surface area contributed by atoms with Crippen LogP contribution >= 0.6 is 7.82 Å². The maximum Gasteiger partial charge on any atom is 0.466 e. The molecule has 0 aliphatic heterocycles. The van der Waals surface area contributed by atoms with Crippen LogP contribution in [0.4, 0.5) is 0 Å². The number of rotatable bonds is 1. The van der Waals surface area contributed by atoms with Crippen molar-refractivity contribution in [2.24, 2.45) is 34.5 Å². The number of hydrogen-bond donors (Lipinski definition) is 3. The van der Waals surface area contributed by atoms with E-state index < -0.39 is 7.82 Å². The van der Waals surface area contributed by atoms with Gasteiger partial charge in [0.25, 0.3) is 0 Å². The molecule has 0 aromatic heterocycles. The molecule has 3 N–H and O–H groups in total. The Morgan fingerprint density at radius 1 is 1.04 bits per heavy atom. The van der Waals surface area contributed by atoms with Crippen molar-refractivity contribution in [3.63, 3.8) is 0 Å². The molecule has 158 valence electrons. The first-order chi connectivity index (χ1) is 12.9. The predicted molar refractivity (Wildman–Crippen MR) is 105 cm³/mol. The molecule has 0 spiro atoms. The molecule has 0 aromatic rings. The number of fused-ring (bicyclic) bond motifs is 5. The summed E-state index contributed by atoms with van der Waals surface area (Å²) < 4.78 is 8.88. The second kappa shape index (κ2) is 7.46. The van der Waals surface area contributed by atoms with Gasteiger partial charge >= 0.3 is 7.82 Å². The normalized spacial score (nSPS) is 42.4. The van der Waals surface area contributed by atoms with E-state index in [2.05, 4.69) is 13.8 Å². The van der Waals surface area contributed by atoms with Crippen LogP contribution in [0.15, 0.2) is 11.6 Å². The van der Waals surface area contributed by atoms with E-state index in [4.69, 9.17) is 19.2 Å². The maximum absolute atomic E-state index is 12.1. The lowest BCUT2D eigenvalue weighted by atomic mass is 9.47. The van der Waals surface area contributed by atoms with Crippen molar-refractivity contribution in [2.45, 2.75) is 72.1 Å². The Morgan fingerprint density at radius 2 is 1.68 bits per heavy atom. The lowest BCUT2D eigenvalue weighted by Crippen LogP contribution is -2.51. The third kappa shape index (κ3) is 3.94. The lowest BCUT2D eigenvalue weighted by Gasteiger charge is -2.58. The molecule has 6 nitrogen and oxygen atoms in total. The van der Waals surface area contributed by atoms with E-state index in [1.807, 2.05) is 6.08 Å². The highest BCUT2D eigenvalue weighted by atomic mass is 31.2. The van der Waals surface area contributed by atoms with Gasteiger partial charge in [0.1, 0.15) is 5.78 Å². The topological polar surface area (TPSA) is 112 Å². The van der Waals surface area contributed by atoms with Crippen LogP contribution in [0.1, 0.15) is 72.1 Å². The van der Waals surface area contributed by atoms with Crippen molar-refractivity contribution in [3.05, 3.63) is 11.6 Å². The molecule has 0 saturated heterocycles. The number of Topliss-reactive ketones (excluding diaryl/α,β-unsaturated/α-hetero) is 1. The Labute approximate surface area is 167 Å². The zero-order chi connectivity index (χ0) is 20.9. The summed E-state index contributed by atoms with van der Waals surface area (Å²) in [5.41, 5.74) is 1.95. The van der Waals surface area contributed by atoms with Gasteiger partial charge in [0, 0.05) is 12.3 Å². The highest BCUT2D eigenvalue weighted by molar-refractivity contribution is 7.45. The van der Waals surface area contributed by atoms with Gasteiger partial charge in [-0.25, -0.2) is 4.57 Å². The summed E-state index contributed by atoms with van der Waals surface area (Å²) in [6.07, 6.45) is 10.9. The van der Waals surface area contributed by atoms with Crippen molar-refractivity contribution < 1.29 is 28.8 Å². The molecule has 6 atom stereocenters. The van der Waals surface area contributed by atoms with Gasteiger partial charge in [-0.3, -0.25) is 9.59 Å². The molecule has 0 radical (unpaired) electrons. The molecule has 0 heterocycles. The minimum atomic E-state index is -4.64. The van der Waals surface area contributed by atoms with Gasteiger partial charge in [-0.05, 0) is 86.5 Å². The lowest BCUT2D eigenvalue weighted by molar-refractivity contribution is -0.128. The second-order valence-corrected chi connectivity index (χ2v) is 10.8. The summed E-state index contributed by atoms with van der Waals surface area (Å²) in [7, 11) is -4.64. The predicted octanol–water partition coefficient (Wildman–Crippen LogP) is 3.79. The second-order valence-electron chi connectivity index (χ2n) is 9.77. The molecule has 3 saturated carbocycles. The van der Waals surface area contributed by atoms with Gasteiger partial charge in [-0.15, -0.1) is 0 Å². The quantitative estimate of drug-likeness (QED) is 0.565. The maximum atomic E-state index is 12.1. The average molecular weight is 412 g/mol. The largest absolute Gasteiger partial charge is 0.466 e. The smallest absolute Gasteiger partial charge is 0.303 e. The fraction of sp³-hybridized carbons (Fsp3) is 0.810. The SMILES string of the molecule is CC(=O)[C@H]1CC[C@H]2[C@@H]3CCC4=CC(=O)CC[C@]4(C)[C@H]3CC[C@]12C.O=P(O)(O)O.